The summed E-state index contributed by atoms with van der Waals surface area (Å²) in [6, 6.07) is 13.9. The van der Waals surface area contributed by atoms with Crippen LogP contribution in [0.25, 0.3) is 0 Å². The van der Waals surface area contributed by atoms with Crippen LogP contribution in [0.1, 0.15) is 17.5 Å². The number of carbonyl (C=O) groups excluding carboxylic acids is 1. The molecule has 0 unspecified atom stereocenters. The van der Waals surface area contributed by atoms with E-state index in [0.717, 1.165) is 29.7 Å². The zero-order valence-electron chi connectivity index (χ0n) is 12.6. The van der Waals surface area contributed by atoms with E-state index < -0.39 is 0 Å². The fraction of sp³-hybridized carbons (Fsp3) is 0.278. The largest absolute Gasteiger partial charge is 0.497 e. The molecule has 0 fully saturated rings. The van der Waals surface area contributed by atoms with Crippen molar-refractivity contribution < 1.29 is 13.9 Å². The van der Waals surface area contributed by atoms with Gasteiger partial charge in [-0.15, -0.1) is 0 Å². The van der Waals surface area contributed by atoms with Crippen molar-refractivity contribution in [2.75, 3.05) is 13.7 Å². The van der Waals surface area contributed by atoms with Crippen molar-refractivity contribution in [1.82, 2.24) is 5.32 Å². The summed E-state index contributed by atoms with van der Waals surface area (Å²) in [7, 11) is 1.61. The molecular formula is C18H20FNO2. The minimum atomic E-state index is -0.225. The average molecular weight is 301 g/mol. The minimum absolute atomic E-state index is 0.00396. The zero-order chi connectivity index (χ0) is 15.8. The number of hydrogen-bond acceptors (Lipinski definition) is 2. The third-order valence-corrected chi connectivity index (χ3v) is 3.40. The first kappa shape index (κ1) is 16.0. The van der Waals surface area contributed by atoms with Crippen LogP contribution in [-0.2, 0) is 17.6 Å². The molecule has 1 amide bonds. The van der Waals surface area contributed by atoms with E-state index >= 15 is 0 Å². The summed E-state index contributed by atoms with van der Waals surface area (Å²) in [5.41, 5.74) is 2.03. The molecule has 0 heterocycles. The first-order valence-corrected chi connectivity index (χ1v) is 7.31. The van der Waals surface area contributed by atoms with Crippen LogP contribution in [0.5, 0.6) is 5.75 Å². The van der Waals surface area contributed by atoms with Gasteiger partial charge in [0.15, 0.2) is 0 Å². The van der Waals surface area contributed by atoms with Crippen LogP contribution in [0.15, 0.2) is 48.5 Å². The second-order valence-corrected chi connectivity index (χ2v) is 5.10. The Balaban J connectivity index is 1.67. The van der Waals surface area contributed by atoms with Crippen molar-refractivity contribution in [3.63, 3.8) is 0 Å². The Morgan fingerprint density at radius 1 is 1.05 bits per heavy atom. The molecule has 0 saturated carbocycles. The smallest absolute Gasteiger partial charge is 0.224 e. The molecule has 2 aromatic carbocycles. The standard InChI is InChI=1S/C18H20FNO2/c1-22-17-10-6-15(7-11-17)13-18(21)20-12-2-3-14-4-8-16(19)9-5-14/h4-11H,2-3,12-13H2,1H3,(H,20,21). The van der Waals surface area contributed by atoms with E-state index in [4.69, 9.17) is 4.74 Å². The van der Waals surface area contributed by atoms with Gasteiger partial charge < -0.3 is 10.1 Å². The number of aryl methyl sites for hydroxylation is 1. The molecule has 0 bridgehead atoms. The Kier molecular flexibility index (Phi) is 5.95. The molecule has 0 atom stereocenters. The van der Waals surface area contributed by atoms with Gasteiger partial charge in [0.05, 0.1) is 13.5 Å². The van der Waals surface area contributed by atoms with E-state index in [-0.39, 0.29) is 11.7 Å². The highest BCUT2D eigenvalue weighted by atomic mass is 19.1. The zero-order valence-corrected chi connectivity index (χ0v) is 12.6. The van der Waals surface area contributed by atoms with Crippen molar-refractivity contribution in [2.45, 2.75) is 19.3 Å². The predicted octanol–water partition coefficient (Wildman–Crippen LogP) is 3.13. The number of benzene rings is 2. The van der Waals surface area contributed by atoms with Crippen LogP contribution in [0.3, 0.4) is 0 Å². The van der Waals surface area contributed by atoms with Gasteiger partial charge in [-0.3, -0.25) is 4.79 Å². The summed E-state index contributed by atoms with van der Waals surface area (Å²) in [5.74, 6) is 0.560. The van der Waals surface area contributed by atoms with Gasteiger partial charge in [-0.05, 0) is 48.2 Å². The first-order valence-electron chi connectivity index (χ1n) is 7.31. The molecule has 0 saturated heterocycles. The van der Waals surface area contributed by atoms with Gasteiger partial charge in [0.1, 0.15) is 11.6 Å². The lowest BCUT2D eigenvalue weighted by Gasteiger charge is -2.06. The Morgan fingerprint density at radius 2 is 1.68 bits per heavy atom. The summed E-state index contributed by atoms with van der Waals surface area (Å²) in [6.07, 6.45) is 2.02. The molecule has 0 aliphatic rings. The van der Waals surface area contributed by atoms with Gasteiger partial charge >= 0.3 is 0 Å². The Morgan fingerprint density at radius 3 is 2.32 bits per heavy atom. The van der Waals surface area contributed by atoms with Crippen LogP contribution in [0.2, 0.25) is 0 Å². The van der Waals surface area contributed by atoms with Crippen LogP contribution < -0.4 is 10.1 Å². The fourth-order valence-electron chi connectivity index (χ4n) is 2.16. The Labute approximate surface area is 130 Å². The quantitative estimate of drug-likeness (QED) is 0.798. The van der Waals surface area contributed by atoms with Crippen molar-refractivity contribution in [1.29, 1.82) is 0 Å². The Bertz CT molecular complexity index is 593. The lowest BCUT2D eigenvalue weighted by Crippen LogP contribution is -2.26. The molecule has 0 aliphatic carbocycles. The van der Waals surface area contributed by atoms with Gasteiger partial charge in [-0.2, -0.15) is 0 Å². The maximum absolute atomic E-state index is 12.8. The topological polar surface area (TPSA) is 38.3 Å². The molecular weight excluding hydrogens is 281 g/mol. The molecule has 0 radical (unpaired) electrons. The minimum Gasteiger partial charge on any atom is -0.497 e. The third kappa shape index (κ3) is 5.20. The van der Waals surface area contributed by atoms with Gasteiger partial charge in [0, 0.05) is 6.54 Å². The van der Waals surface area contributed by atoms with Crippen LogP contribution in [-0.4, -0.2) is 19.6 Å². The lowest BCUT2D eigenvalue weighted by molar-refractivity contribution is -0.120. The predicted molar refractivity (Wildman–Crippen MR) is 84.4 cm³/mol. The molecule has 22 heavy (non-hydrogen) atoms. The van der Waals surface area contributed by atoms with Gasteiger partial charge in [0.25, 0.3) is 0 Å². The van der Waals surface area contributed by atoms with Crippen LogP contribution >= 0.6 is 0 Å². The highest BCUT2D eigenvalue weighted by molar-refractivity contribution is 5.78. The molecule has 0 aliphatic heterocycles. The van der Waals surface area contributed by atoms with E-state index in [0.29, 0.717) is 13.0 Å². The van der Waals surface area contributed by atoms with E-state index in [1.807, 2.05) is 24.3 Å². The summed E-state index contributed by atoms with van der Waals surface area (Å²) in [4.78, 5) is 11.8. The molecule has 3 nitrogen and oxygen atoms in total. The van der Waals surface area contributed by atoms with Crippen molar-refractivity contribution in [2.24, 2.45) is 0 Å². The molecule has 4 heteroatoms. The fourth-order valence-corrected chi connectivity index (χ4v) is 2.16. The number of nitrogens with one attached hydrogen (secondary N) is 1. The second-order valence-electron chi connectivity index (χ2n) is 5.10. The maximum atomic E-state index is 12.8. The molecule has 2 rings (SSSR count). The highest BCUT2D eigenvalue weighted by Crippen LogP contribution is 2.11. The molecule has 2 aromatic rings. The first-order chi connectivity index (χ1) is 10.7. The number of halogens is 1. The number of amides is 1. The van der Waals surface area contributed by atoms with Gasteiger partial charge in [-0.1, -0.05) is 24.3 Å². The number of carbonyl (C=O) groups is 1. The van der Waals surface area contributed by atoms with Crippen molar-refractivity contribution >= 4 is 5.91 Å². The second kappa shape index (κ2) is 8.17. The summed E-state index contributed by atoms with van der Waals surface area (Å²) >= 11 is 0. The number of hydrogen-bond donors (Lipinski definition) is 1. The molecule has 0 aromatic heterocycles. The number of rotatable bonds is 7. The van der Waals surface area contributed by atoms with E-state index in [1.54, 1.807) is 19.2 Å². The SMILES string of the molecule is COc1ccc(CC(=O)NCCCc2ccc(F)cc2)cc1. The molecule has 1 N–H and O–H groups in total. The normalized spacial score (nSPS) is 10.3. The van der Waals surface area contributed by atoms with Crippen molar-refractivity contribution in [3.05, 3.63) is 65.5 Å². The molecule has 116 valence electrons. The lowest BCUT2D eigenvalue weighted by atomic mass is 10.1. The Hall–Kier alpha value is -2.36. The van der Waals surface area contributed by atoms with E-state index in [2.05, 4.69) is 5.32 Å². The third-order valence-electron chi connectivity index (χ3n) is 3.40. The average Bonchev–Trinajstić information content (AvgIpc) is 2.54. The van der Waals surface area contributed by atoms with Crippen molar-refractivity contribution in [3.8, 4) is 5.75 Å². The number of ether oxygens (including phenoxy) is 1. The monoisotopic (exact) mass is 301 g/mol. The number of methoxy groups -OCH3 is 1. The van der Waals surface area contributed by atoms with Crippen LogP contribution in [0, 0.1) is 5.82 Å². The summed E-state index contributed by atoms with van der Waals surface area (Å²) in [5, 5.41) is 2.90. The van der Waals surface area contributed by atoms with Gasteiger partial charge in [0.2, 0.25) is 5.91 Å². The summed E-state index contributed by atoms with van der Waals surface area (Å²) in [6.45, 7) is 0.617. The van der Waals surface area contributed by atoms with E-state index in [1.165, 1.54) is 12.1 Å². The highest BCUT2D eigenvalue weighted by Gasteiger charge is 2.03. The molecule has 0 spiro atoms. The van der Waals surface area contributed by atoms with Gasteiger partial charge in [-0.25, -0.2) is 4.39 Å². The maximum Gasteiger partial charge on any atom is 0.224 e. The van der Waals surface area contributed by atoms with Crippen LogP contribution in [0.4, 0.5) is 4.39 Å². The summed E-state index contributed by atoms with van der Waals surface area (Å²) < 4.78 is 17.8. The van der Waals surface area contributed by atoms with E-state index in [9.17, 15) is 9.18 Å².